The number of benzene rings is 2. The van der Waals surface area contributed by atoms with Crippen molar-refractivity contribution in [3.8, 4) is 5.75 Å². The number of likely N-dealkylation sites (N-methyl/N-ethyl adjacent to an activating group) is 1. The monoisotopic (exact) mass is 362 g/mol. The SMILES string of the molecule is CNC(=O)C(NC(=O)CCc1ccc(OC)cc1)c1ccc(F)c(F)c1. The zero-order valence-corrected chi connectivity index (χ0v) is 14.5. The zero-order valence-electron chi connectivity index (χ0n) is 14.5. The van der Waals surface area contributed by atoms with Crippen LogP contribution in [0.15, 0.2) is 42.5 Å². The minimum Gasteiger partial charge on any atom is -0.497 e. The van der Waals surface area contributed by atoms with Crippen molar-refractivity contribution in [2.75, 3.05) is 14.2 Å². The van der Waals surface area contributed by atoms with Crippen LogP contribution in [0.5, 0.6) is 5.75 Å². The first-order valence-electron chi connectivity index (χ1n) is 8.03. The molecule has 0 saturated carbocycles. The molecule has 2 aromatic rings. The van der Waals surface area contributed by atoms with E-state index >= 15 is 0 Å². The Labute approximate surface area is 150 Å². The molecule has 0 aromatic heterocycles. The molecule has 26 heavy (non-hydrogen) atoms. The van der Waals surface area contributed by atoms with E-state index < -0.39 is 23.6 Å². The second-order valence-corrected chi connectivity index (χ2v) is 5.64. The lowest BCUT2D eigenvalue weighted by molar-refractivity contribution is -0.128. The van der Waals surface area contributed by atoms with Crippen molar-refractivity contribution < 1.29 is 23.1 Å². The molecular weight excluding hydrogens is 342 g/mol. The lowest BCUT2D eigenvalue weighted by Gasteiger charge is -2.18. The first-order chi connectivity index (χ1) is 12.4. The third-order valence-electron chi connectivity index (χ3n) is 3.89. The van der Waals surface area contributed by atoms with Crippen molar-refractivity contribution >= 4 is 11.8 Å². The van der Waals surface area contributed by atoms with Gasteiger partial charge in [0, 0.05) is 13.5 Å². The minimum atomic E-state index is -1.10. The second-order valence-electron chi connectivity index (χ2n) is 5.64. The van der Waals surface area contributed by atoms with E-state index in [0.29, 0.717) is 6.42 Å². The smallest absolute Gasteiger partial charge is 0.246 e. The standard InChI is InChI=1S/C19H20F2N2O3/c1-22-19(25)18(13-6-9-15(20)16(21)11-13)23-17(24)10-5-12-3-7-14(26-2)8-4-12/h3-4,6-9,11,18H,5,10H2,1-2H3,(H,22,25)(H,23,24). The number of hydrogen-bond acceptors (Lipinski definition) is 3. The zero-order chi connectivity index (χ0) is 19.1. The van der Waals surface area contributed by atoms with Crippen molar-refractivity contribution in [3.05, 3.63) is 65.2 Å². The van der Waals surface area contributed by atoms with Crippen LogP contribution < -0.4 is 15.4 Å². The number of carbonyl (C=O) groups excluding carboxylic acids is 2. The van der Waals surface area contributed by atoms with E-state index in [1.165, 1.54) is 13.1 Å². The van der Waals surface area contributed by atoms with Crippen LogP contribution in [-0.4, -0.2) is 26.0 Å². The van der Waals surface area contributed by atoms with Gasteiger partial charge in [0.05, 0.1) is 7.11 Å². The van der Waals surface area contributed by atoms with Crippen molar-refractivity contribution in [2.45, 2.75) is 18.9 Å². The quantitative estimate of drug-likeness (QED) is 0.795. The number of nitrogens with one attached hydrogen (secondary N) is 2. The first kappa shape index (κ1) is 19.4. The Morgan fingerprint density at radius 2 is 1.77 bits per heavy atom. The second kappa shape index (κ2) is 8.94. The minimum absolute atomic E-state index is 0.142. The van der Waals surface area contributed by atoms with E-state index in [1.54, 1.807) is 19.2 Å². The molecule has 2 amide bonds. The molecule has 0 radical (unpaired) electrons. The average molecular weight is 362 g/mol. The van der Waals surface area contributed by atoms with E-state index in [1.807, 2.05) is 12.1 Å². The van der Waals surface area contributed by atoms with E-state index in [0.717, 1.165) is 23.4 Å². The number of carbonyl (C=O) groups is 2. The lowest BCUT2D eigenvalue weighted by Crippen LogP contribution is -2.39. The van der Waals surface area contributed by atoms with Crippen LogP contribution in [0.3, 0.4) is 0 Å². The number of methoxy groups -OCH3 is 1. The predicted octanol–water partition coefficient (Wildman–Crippen LogP) is 2.51. The van der Waals surface area contributed by atoms with Crippen molar-refractivity contribution in [2.24, 2.45) is 0 Å². The molecule has 0 aliphatic heterocycles. The summed E-state index contributed by atoms with van der Waals surface area (Å²) in [5.74, 6) is -2.27. The lowest BCUT2D eigenvalue weighted by atomic mass is 10.0. The van der Waals surface area contributed by atoms with Gasteiger partial charge in [-0.25, -0.2) is 8.78 Å². The van der Waals surface area contributed by atoms with E-state index in [4.69, 9.17) is 4.74 Å². The third-order valence-corrected chi connectivity index (χ3v) is 3.89. The Balaban J connectivity index is 2.03. The Morgan fingerprint density at radius 1 is 1.08 bits per heavy atom. The topological polar surface area (TPSA) is 67.4 Å². The maximum Gasteiger partial charge on any atom is 0.246 e. The van der Waals surface area contributed by atoms with E-state index in [9.17, 15) is 18.4 Å². The van der Waals surface area contributed by atoms with Crippen LogP contribution in [0.4, 0.5) is 8.78 Å². The molecular formula is C19H20F2N2O3. The molecule has 7 heteroatoms. The summed E-state index contributed by atoms with van der Waals surface area (Å²) in [6.07, 6.45) is 0.609. The van der Waals surface area contributed by atoms with Crippen molar-refractivity contribution in [1.82, 2.24) is 10.6 Å². The molecule has 0 saturated heterocycles. The molecule has 0 heterocycles. The summed E-state index contributed by atoms with van der Waals surface area (Å²) in [5, 5.41) is 4.96. The van der Waals surface area contributed by atoms with Crippen LogP contribution in [0, 0.1) is 11.6 Å². The highest BCUT2D eigenvalue weighted by molar-refractivity contribution is 5.88. The van der Waals surface area contributed by atoms with Gasteiger partial charge in [0.25, 0.3) is 0 Å². The van der Waals surface area contributed by atoms with Crippen molar-refractivity contribution in [3.63, 3.8) is 0 Å². The summed E-state index contributed by atoms with van der Waals surface area (Å²) in [5.41, 5.74) is 1.10. The van der Waals surface area contributed by atoms with Crippen LogP contribution in [-0.2, 0) is 16.0 Å². The Bertz CT molecular complexity index is 779. The van der Waals surface area contributed by atoms with E-state index in [2.05, 4.69) is 10.6 Å². The van der Waals surface area contributed by atoms with Gasteiger partial charge < -0.3 is 15.4 Å². The molecule has 0 aliphatic carbocycles. The highest BCUT2D eigenvalue weighted by atomic mass is 19.2. The normalized spacial score (nSPS) is 11.5. The third kappa shape index (κ3) is 5.02. The number of rotatable bonds is 7. The van der Waals surface area contributed by atoms with Gasteiger partial charge in [0.1, 0.15) is 11.8 Å². The van der Waals surface area contributed by atoms with Gasteiger partial charge in [-0.3, -0.25) is 9.59 Å². The molecule has 0 aliphatic rings. The van der Waals surface area contributed by atoms with E-state index in [-0.39, 0.29) is 17.9 Å². The maximum absolute atomic E-state index is 13.4. The Morgan fingerprint density at radius 3 is 2.35 bits per heavy atom. The summed E-state index contributed by atoms with van der Waals surface area (Å²) in [4.78, 5) is 24.2. The molecule has 2 N–H and O–H groups in total. The highest BCUT2D eigenvalue weighted by Crippen LogP contribution is 2.18. The number of ether oxygens (including phenoxy) is 1. The molecule has 1 unspecified atom stereocenters. The number of aryl methyl sites for hydroxylation is 1. The van der Waals surface area contributed by atoms with Gasteiger partial charge >= 0.3 is 0 Å². The van der Waals surface area contributed by atoms with Crippen LogP contribution in [0.25, 0.3) is 0 Å². The van der Waals surface area contributed by atoms with Gasteiger partial charge in [-0.05, 0) is 41.8 Å². The largest absolute Gasteiger partial charge is 0.497 e. The molecule has 2 aromatic carbocycles. The highest BCUT2D eigenvalue weighted by Gasteiger charge is 2.22. The Kier molecular flexibility index (Phi) is 6.66. The fourth-order valence-corrected chi connectivity index (χ4v) is 2.42. The summed E-state index contributed by atoms with van der Waals surface area (Å²) in [6.45, 7) is 0. The van der Waals surface area contributed by atoms with Gasteiger partial charge in [0.2, 0.25) is 11.8 Å². The summed E-state index contributed by atoms with van der Waals surface area (Å²) < 4.78 is 31.6. The molecule has 0 bridgehead atoms. The van der Waals surface area contributed by atoms with Gasteiger partial charge in [-0.15, -0.1) is 0 Å². The van der Waals surface area contributed by atoms with Gasteiger partial charge in [-0.2, -0.15) is 0 Å². The van der Waals surface area contributed by atoms with Crippen molar-refractivity contribution in [1.29, 1.82) is 0 Å². The molecule has 138 valence electrons. The summed E-state index contributed by atoms with van der Waals surface area (Å²) >= 11 is 0. The van der Waals surface area contributed by atoms with Gasteiger partial charge in [0.15, 0.2) is 11.6 Å². The molecule has 0 spiro atoms. The van der Waals surface area contributed by atoms with Gasteiger partial charge in [-0.1, -0.05) is 18.2 Å². The molecule has 0 fully saturated rings. The van der Waals surface area contributed by atoms with Crippen LogP contribution >= 0.6 is 0 Å². The number of hydrogen-bond donors (Lipinski definition) is 2. The van der Waals surface area contributed by atoms with Crippen LogP contribution in [0.1, 0.15) is 23.6 Å². The number of amides is 2. The predicted molar refractivity (Wildman–Crippen MR) is 92.6 cm³/mol. The first-order valence-corrected chi connectivity index (χ1v) is 8.03. The fourth-order valence-electron chi connectivity index (χ4n) is 2.42. The average Bonchev–Trinajstić information content (AvgIpc) is 2.66. The molecule has 2 rings (SSSR count). The van der Waals surface area contributed by atoms with Crippen LogP contribution in [0.2, 0.25) is 0 Å². The summed E-state index contributed by atoms with van der Waals surface area (Å²) in [7, 11) is 2.97. The molecule has 5 nitrogen and oxygen atoms in total. The summed E-state index contributed by atoms with van der Waals surface area (Å²) in [6, 6.07) is 9.27. The Hall–Kier alpha value is -2.96. The fraction of sp³-hybridized carbons (Fsp3) is 0.263. The number of halogens is 2. The maximum atomic E-state index is 13.4. The molecule has 1 atom stereocenters.